The number of nitrogens with two attached hydrogens (primary N) is 1. The molecule has 0 amide bonds. The van der Waals surface area contributed by atoms with Crippen LogP contribution in [-0.2, 0) is 6.54 Å². The van der Waals surface area contributed by atoms with Crippen LogP contribution >= 0.6 is 0 Å². The van der Waals surface area contributed by atoms with Crippen LogP contribution in [0.15, 0.2) is 42.5 Å². The normalized spacial score (nSPS) is 13.8. The van der Waals surface area contributed by atoms with E-state index in [2.05, 4.69) is 36.1 Å². The van der Waals surface area contributed by atoms with Crippen LogP contribution in [0.25, 0.3) is 0 Å². The fourth-order valence-corrected chi connectivity index (χ4v) is 2.37. The van der Waals surface area contributed by atoms with Crippen molar-refractivity contribution in [3.8, 4) is 5.75 Å². The van der Waals surface area contributed by atoms with E-state index in [1.54, 1.807) is 0 Å². The van der Waals surface area contributed by atoms with E-state index in [0.29, 0.717) is 6.61 Å². The molecule has 0 saturated carbocycles. The first-order chi connectivity index (χ1) is 9.22. The first kappa shape index (κ1) is 11.9. The predicted molar refractivity (Wildman–Crippen MR) is 78.6 cm³/mol. The Bertz CT molecular complexity index is 578. The zero-order valence-electron chi connectivity index (χ0n) is 11.1. The van der Waals surface area contributed by atoms with Crippen LogP contribution in [0.4, 0.5) is 11.4 Å². The standard InChI is InChI=1S/C16H18N2O/c1-12-2-4-13(5-3-12)11-18-8-9-19-16-10-14(17)6-7-15(16)18/h2-7,10H,8-9,11,17H2,1H3. The lowest BCUT2D eigenvalue weighted by Gasteiger charge is -2.31. The van der Waals surface area contributed by atoms with E-state index in [0.717, 1.165) is 30.2 Å². The number of nitrogens with zero attached hydrogens (tertiary/aromatic N) is 1. The lowest BCUT2D eigenvalue weighted by molar-refractivity contribution is 0.307. The topological polar surface area (TPSA) is 38.5 Å². The number of ether oxygens (including phenoxy) is 1. The summed E-state index contributed by atoms with van der Waals surface area (Å²) in [5, 5.41) is 0. The Kier molecular flexibility index (Phi) is 3.03. The van der Waals surface area contributed by atoms with Crippen LogP contribution in [0.2, 0.25) is 0 Å². The van der Waals surface area contributed by atoms with Gasteiger partial charge in [-0.15, -0.1) is 0 Å². The maximum atomic E-state index is 5.80. The van der Waals surface area contributed by atoms with Crippen molar-refractivity contribution in [2.24, 2.45) is 0 Å². The fraction of sp³-hybridized carbons (Fsp3) is 0.250. The summed E-state index contributed by atoms with van der Waals surface area (Å²) < 4.78 is 5.67. The van der Waals surface area contributed by atoms with E-state index in [1.165, 1.54) is 11.1 Å². The molecule has 0 fully saturated rings. The van der Waals surface area contributed by atoms with Gasteiger partial charge >= 0.3 is 0 Å². The average Bonchev–Trinajstić information content (AvgIpc) is 2.41. The lowest BCUT2D eigenvalue weighted by atomic mass is 10.1. The van der Waals surface area contributed by atoms with Crippen molar-refractivity contribution in [2.45, 2.75) is 13.5 Å². The van der Waals surface area contributed by atoms with Gasteiger partial charge in [-0.1, -0.05) is 29.8 Å². The van der Waals surface area contributed by atoms with Gasteiger partial charge in [0.25, 0.3) is 0 Å². The van der Waals surface area contributed by atoms with Crippen molar-refractivity contribution in [1.82, 2.24) is 0 Å². The van der Waals surface area contributed by atoms with Gasteiger partial charge in [0.2, 0.25) is 0 Å². The van der Waals surface area contributed by atoms with Crippen LogP contribution in [0.1, 0.15) is 11.1 Å². The highest BCUT2D eigenvalue weighted by Crippen LogP contribution is 2.34. The number of hydrogen-bond donors (Lipinski definition) is 1. The molecule has 2 N–H and O–H groups in total. The highest BCUT2D eigenvalue weighted by molar-refractivity contribution is 5.65. The Morgan fingerprint density at radius 3 is 2.74 bits per heavy atom. The van der Waals surface area contributed by atoms with Crippen LogP contribution in [0.5, 0.6) is 5.75 Å². The summed E-state index contributed by atoms with van der Waals surface area (Å²) in [4.78, 5) is 2.34. The van der Waals surface area contributed by atoms with Gasteiger partial charge in [-0.05, 0) is 24.6 Å². The molecule has 0 aromatic heterocycles. The largest absolute Gasteiger partial charge is 0.489 e. The highest BCUT2D eigenvalue weighted by atomic mass is 16.5. The molecule has 2 aromatic carbocycles. The molecule has 0 bridgehead atoms. The van der Waals surface area contributed by atoms with Crippen molar-refractivity contribution in [3.05, 3.63) is 53.6 Å². The van der Waals surface area contributed by atoms with Crippen LogP contribution < -0.4 is 15.4 Å². The van der Waals surface area contributed by atoms with Gasteiger partial charge in [0, 0.05) is 18.3 Å². The molecule has 1 heterocycles. The van der Waals surface area contributed by atoms with Crippen molar-refractivity contribution >= 4 is 11.4 Å². The number of fused-ring (bicyclic) bond motifs is 1. The summed E-state index contributed by atoms with van der Waals surface area (Å²) in [6.07, 6.45) is 0. The maximum Gasteiger partial charge on any atom is 0.144 e. The minimum atomic E-state index is 0.711. The van der Waals surface area contributed by atoms with E-state index in [-0.39, 0.29) is 0 Å². The Labute approximate surface area is 113 Å². The smallest absolute Gasteiger partial charge is 0.144 e. The Morgan fingerprint density at radius 2 is 1.95 bits per heavy atom. The third-order valence-electron chi connectivity index (χ3n) is 3.44. The average molecular weight is 254 g/mol. The summed E-state index contributed by atoms with van der Waals surface area (Å²) >= 11 is 0. The minimum absolute atomic E-state index is 0.711. The molecule has 3 nitrogen and oxygen atoms in total. The van der Waals surface area contributed by atoms with Crippen molar-refractivity contribution in [2.75, 3.05) is 23.8 Å². The van der Waals surface area contributed by atoms with E-state index >= 15 is 0 Å². The number of benzene rings is 2. The first-order valence-electron chi connectivity index (χ1n) is 6.55. The number of aryl methyl sites for hydroxylation is 1. The van der Waals surface area contributed by atoms with Crippen LogP contribution in [0.3, 0.4) is 0 Å². The van der Waals surface area contributed by atoms with Crippen LogP contribution in [0, 0.1) is 6.92 Å². The van der Waals surface area contributed by atoms with Crippen LogP contribution in [-0.4, -0.2) is 13.2 Å². The minimum Gasteiger partial charge on any atom is -0.489 e. The molecule has 0 saturated heterocycles. The van der Waals surface area contributed by atoms with Gasteiger partial charge in [-0.3, -0.25) is 0 Å². The molecule has 0 atom stereocenters. The first-order valence-corrected chi connectivity index (χ1v) is 6.55. The highest BCUT2D eigenvalue weighted by Gasteiger charge is 2.18. The van der Waals surface area contributed by atoms with Crippen molar-refractivity contribution in [3.63, 3.8) is 0 Å². The zero-order chi connectivity index (χ0) is 13.2. The molecule has 1 aliphatic rings. The summed E-state index contributed by atoms with van der Waals surface area (Å²) in [5.74, 6) is 0.887. The van der Waals surface area contributed by atoms with Gasteiger partial charge in [-0.25, -0.2) is 0 Å². The Balaban J connectivity index is 1.85. The van der Waals surface area contributed by atoms with Gasteiger partial charge in [0.05, 0.1) is 12.2 Å². The molecular weight excluding hydrogens is 236 g/mol. The monoisotopic (exact) mass is 254 g/mol. The van der Waals surface area contributed by atoms with E-state index in [9.17, 15) is 0 Å². The molecule has 3 heteroatoms. The van der Waals surface area contributed by atoms with E-state index in [4.69, 9.17) is 10.5 Å². The van der Waals surface area contributed by atoms with E-state index < -0.39 is 0 Å². The molecule has 19 heavy (non-hydrogen) atoms. The Morgan fingerprint density at radius 1 is 1.16 bits per heavy atom. The summed E-state index contributed by atoms with van der Waals surface area (Å²) in [6.45, 7) is 4.63. The third kappa shape index (κ3) is 2.50. The van der Waals surface area contributed by atoms with Gasteiger partial charge in [0.15, 0.2) is 0 Å². The molecule has 0 aliphatic carbocycles. The molecular formula is C16H18N2O. The number of nitrogen functional groups attached to an aromatic ring is 1. The summed E-state index contributed by atoms with van der Waals surface area (Å²) in [6, 6.07) is 14.5. The van der Waals surface area contributed by atoms with Gasteiger partial charge in [0.1, 0.15) is 12.4 Å². The number of hydrogen-bond acceptors (Lipinski definition) is 3. The van der Waals surface area contributed by atoms with Gasteiger partial charge < -0.3 is 15.4 Å². The SMILES string of the molecule is Cc1ccc(CN2CCOc3cc(N)ccc32)cc1. The molecule has 2 aromatic rings. The van der Waals surface area contributed by atoms with Crippen molar-refractivity contribution < 1.29 is 4.74 Å². The molecule has 1 aliphatic heterocycles. The Hall–Kier alpha value is -2.16. The van der Waals surface area contributed by atoms with Gasteiger partial charge in [-0.2, -0.15) is 0 Å². The zero-order valence-corrected chi connectivity index (χ0v) is 11.1. The second kappa shape index (κ2) is 4.84. The summed E-state index contributed by atoms with van der Waals surface area (Å²) in [5.41, 5.74) is 10.3. The molecule has 98 valence electrons. The van der Waals surface area contributed by atoms with Crippen molar-refractivity contribution in [1.29, 1.82) is 0 Å². The second-order valence-electron chi connectivity index (χ2n) is 4.98. The molecule has 0 spiro atoms. The maximum absolute atomic E-state index is 5.80. The fourth-order valence-electron chi connectivity index (χ4n) is 2.37. The number of rotatable bonds is 2. The predicted octanol–water partition coefficient (Wildman–Crippen LogP) is 2.98. The quantitative estimate of drug-likeness (QED) is 0.837. The lowest BCUT2D eigenvalue weighted by Crippen LogP contribution is -2.32. The summed E-state index contributed by atoms with van der Waals surface area (Å²) in [7, 11) is 0. The van der Waals surface area contributed by atoms with E-state index in [1.807, 2.05) is 18.2 Å². The molecule has 3 rings (SSSR count). The number of anilines is 2. The second-order valence-corrected chi connectivity index (χ2v) is 4.98. The third-order valence-corrected chi connectivity index (χ3v) is 3.44. The molecule has 0 unspecified atom stereocenters. The molecule has 0 radical (unpaired) electrons.